The van der Waals surface area contributed by atoms with Crippen molar-refractivity contribution in [3.63, 3.8) is 0 Å². The van der Waals surface area contributed by atoms with E-state index >= 15 is 0 Å². The number of amides is 1. The highest BCUT2D eigenvalue weighted by molar-refractivity contribution is 7.90. The molecule has 0 saturated carbocycles. The first kappa shape index (κ1) is 16.6. The monoisotopic (exact) mass is 338 g/mol. The number of carbonyl (C=O) groups is 1. The van der Waals surface area contributed by atoms with Crippen molar-refractivity contribution in [3.8, 4) is 0 Å². The molecule has 118 valence electrons. The molecule has 1 amide bonds. The Kier molecular flexibility index (Phi) is 4.67. The maximum atomic E-state index is 11.9. The second-order valence-electron chi connectivity index (χ2n) is 5.29. The molecule has 5 nitrogen and oxygen atoms in total. The predicted molar refractivity (Wildman–Crippen MR) is 88.5 cm³/mol. The summed E-state index contributed by atoms with van der Waals surface area (Å²) in [7, 11) is -3.27. The highest BCUT2D eigenvalue weighted by atomic mass is 32.2. The summed E-state index contributed by atoms with van der Waals surface area (Å²) in [6.45, 7) is 7.80. The fraction of sp³-hybridized carbons (Fsp3) is 0.333. The molecule has 1 aromatic carbocycles. The molecule has 22 heavy (non-hydrogen) atoms. The number of nitrogens with zero attached hydrogens (tertiary/aromatic N) is 2. The first-order chi connectivity index (χ1) is 10.2. The van der Waals surface area contributed by atoms with E-state index < -0.39 is 9.84 Å². The number of hydrogen-bond acceptors (Lipinski definition) is 4. The van der Waals surface area contributed by atoms with Gasteiger partial charge >= 0.3 is 0 Å². The average Bonchev–Trinajstić information content (AvgIpc) is 2.75. The Labute approximate surface area is 133 Å². The van der Waals surface area contributed by atoms with Crippen LogP contribution in [-0.4, -0.2) is 25.1 Å². The van der Waals surface area contributed by atoms with E-state index in [4.69, 9.17) is 0 Å². The lowest BCUT2D eigenvalue weighted by molar-refractivity contribution is -0.120. The van der Waals surface area contributed by atoms with Crippen LogP contribution in [0, 0.1) is 5.92 Å². The Bertz CT molecular complexity index is 903. The van der Waals surface area contributed by atoms with Crippen LogP contribution >= 0.6 is 11.3 Å². The zero-order chi connectivity index (χ0) is 16.5. The minimum Gasteiger partial charge on any atom is -0.313 e. The first-order valence-electron chi connectivity index (χ1n) is 6.77. The van der Waals surface area contributed by atoms with Gasteiger partial charge in [-0.15, -0.1) is 6.58 Å². The summed E-state index contributed by atoms with van der Waals surface area (Å²) >= 11 is 1.30. The maximum absolute atomic E-state index is 11.9. The zero-order valence-corrected chi connectivity index (χ0v) is 14.4. The first-order valence-corrected chi connectivity index (χ1v) is 9.47. The van der Waals surface area contributed by atoms with Gasteiger partial charge in [-0.2, -0.15) is 4.99 Å². The van der Waals surface area contributed by atoms with E-state index in [0.717, 1.165) is 10.2 Å². The summed E-state index contributed by atoms with van der Waals surface area (Å²) < 4.78 is 26.0. The zero-order valence-electron chi connectivity index (χ0n) is 12.7. The van der Waals surface area contributed by atoms with Crippen molar-refractivity contribution in [1.29, 1.82) is 0 Å². The second-order valence-corrected chi connectivity index (χ2v) is 8.32. The van der Waals surface area contributed by atoms with E-state index in [0.29, 0.717) is 11.3 Å². The number of allylic oxidation sites excluding steroid dienone is 1. The predicted octanol–water partition coefficient (Wildman–Crippen LogP) is 2.38. The van der Waals surface area contributed by atoms with Gasteiger partial charge in [0, 0.05) is 18.7 Å². The smallest absolute Gasteiger partial charge is 0.250 e. The van der Waals surface area contributed by atoms with E-state index in [2.05, 4.69) is 11.6 Å². The Morgan fingerprint density at radius 1 is 1.45 bits per heavy atom. The van der Waals surface area contributed by atoms with Gasteiger partial charge in [0.1, 0.15) is 0 Å². The summed E-state index contributed by atoms with van der Waals surface area (Å²) in [5.41, 5.74) is 0.840. The van der Waals surface area contributed by atoms with E-state index in [1.165, 1.54) is 17.6 Å². The molecule has 1 aromatic heterocycles. The van der Waals surface area contributed by atoms with Crippen molar-refractivity contribution in [2.45, 2.75) is 25.3 Å². The van der Waals surface area contributed by atoms with Gasteiger partial charge in [-0.25, -0.2) is 8.42 Å². The molecule has 0 aliphatic rings. The molecule has 0 radical (unpaired) electrons. The number of thiazole rings is 1. The molecule has 2 aromatic rings. The molecule has 2 rings (SSSR count). The molecular weight excluding hydrogens is 320 g/mol. The molecule has 0 spiro atoms. The fourth-order valence-corrected chi connectivity index (χ4v) is 3.70. The van der Waals surface area contributed by atoms with Crippen LogP contribution in [0.2, 0.25) is 0 Å². The third-order valence-electron chi connectivity index (χ3n) is 3.09. The van der Waals surface area contributed by atoms with Gasteiger partial charge in [-0.3, -0.25) is 4.79 Å². The van der Waals surface area contributed by atoms with Crippen LogP contribution in [0.1, 0.15) is 13.8 Å². The number of sulfone groups is 1. The van der Waals surface area contributed by atoms with Crippen molar-refractivity contribution >= 4 is 37.3 Å². The third kappa shape index (κ3) is 3.36. The second kappa shape index (κ2) is 6.18. The lowest BCUT2D eigenvalue weighted by Crippen LogP contribution is -2.18. The summed E-state index contributed by atoms with van der Waals surface area (Å²) in [5, 5.41) is 0. The van der Waals surface area contributed by atoms with E-state index in [1.54, 1.807) is 38.1 Å². The van der Waals surface area contributed by atoms with Crippen LogP contribution in [-0.2, 0) is 21.2 Å². The lowest BCUT2D eigenvalue weighted by Gasteiger charge is -2.02. The van der Waals surface area contributed by atoms with Crippen LogP contribution in [0.15, 0.2) is 40.7 Å². The van der Waals surface area contributed by atoms with Gasteiger partial charge in [-0.1, -0.05) is 31.3 Å². The molecule has 0 bridgehead atoms. The van der Waals surface area contributed by atoms with Gasteiger partial charge in [0.05, 0.1) is 15.1 Å². The Morgan fingerprint density at radius 2 is 2.14 bits per heavy atom. The highest BCUT2D eigenvalue weighted by Crippen LogP contribution is 2.22. The standard InChI is InChI=1S/C15H18N2O3S2/c1-5-8-17-12-7-6-11(22(4,19)20)9-13(12)21-15(17)16-14(18)10(2)3/h5-7,9-10H,1,8H2,2-4H3. The van der Waals surface area contributed by atoms with Gasteiger partial charge < -0.3 is 4.57 Å². The van der Waals surface area contributed by atoms with Crippen LogP contribution in [0.3, 0.4) is 0 Å². The van der Waals surface area contributed by atoms with E-state index in [-0.39, 0.29) is 16.7 Å². The highest BCUT2D eigenvalue weighted by Gasteiger charge is 2.13. The number of rotatable bonds is 4. The van der Waals surface area contributed by atoms with Crippen LogP contribution in [0.4, 0.5) is 0 Å². The summed E-state index contributed by atoms with van der Waals surface area (Å²) in [6, 6.07) is 4.93. The lowest BCUT2D eigenvalue weighted by atomic mass is 10.2. The summed E-state index contributed by atoms with van der Waals surface area (Å²) in [4.78, 5) is 16.8. The molecule has 0 atom stereocenters. The van der Waals surface area contributed by atoms with Crippen molar-refractivity contribution in [2.75, 3.05) is 6.26 Å². The molecule has 0 fully saturated rings. The molecule has 0 unspecified atom stereocenters. The quantitative estimate of drug-likeness (QED) is 0.804. The fourth-order valence-electron chi connectivity index (χ4n) is 1.90. The van der Waals surface area contributed by atoms with Gasteiger partial charge in [0.2, 0.25) is 0 Å². The number of hydrogen-bond donors (Lipinski definition) is 0. The average molecular weight is 338 g/mol. The van der Waals surface area contributed by atoms with Crippen molar-refractivity contribution in [3.05, 3.63) is 35.7 Å². The Morgan fingerprint density at radius 3 is 2.68 bits per heavy atom. The van der Waals surface area contributed by atoms with E-state index in [1.807, 2.05) is 4.57 Å². The summed E-state index contributed by atoms with van der Waals surface area (Å²) in [6.07, 6.45) is 2.89. The minimum absolute atomic E-state index is 0.186. The van der Waals surface area contributed by atoms with E-state index in [9.17, 15) is 13.2 Å². The molecule has 0 aliphatic carbocycles. The van der Waals surface area contributed by atoms with Gasteiger partial charge in [0.25, 0.3) is 5.91 Å². The molecule has 0 N–H and O–H groups in total. The maximum Gasteiger partial charge on any atom is 0.250 e. The van der Waals surface area contributed by atoms with Crippen LogP contribution < -0.4 is 4.80 Å². The number of carbonyl (C=O) groups excluding carboxylic acids is 1. The van der Waals surface area contributed by atoms with Gasteiger partial charge in [-0.05, 0) is 18.2 Å². The van der Waals surface area contributed by atoms with Crippen LogP contribution in [0.25, 0.3) is 10.2 Å². The Balaban J connectivity index is 2.74. The summed E-state index contributed by atoms with van der Waals surface area (Å²) in [5.74, 6) is -0.387. The van der Waals surface area contributed by atoms with Crippen molar-refractivity contribution in [2.24, 2.45) is 10.9 Å². The van der Waals surface area contributed by atoms with Crippen LogP contribution in [0.5, 0.6) is 0 Å². The largest absolute Gasteiger partial charge is 0.313 e. The van der Waals surface area contributed by atoms with Crippen molar-refractivity contribution < 1.29 is 13.2 Å². The minimum atomic E-state index is -3.27. The third-order valence-corrected chi connectivity index (χ3v) is 5.25. The number of fused-ring (bicyclic) bond motifs is 1. The molecule has 1 heterocycles. The normalized spacial score (nSPS) is 13.0. The molecule has 7 heteroatoms. The molecule has 0 aliphatic heterocycles. The topological polar surface area (TPSA) is 68.5 Å². The molecule has 0 saturated heterocycles. The SMILES string of the molecule is C=CCn1c(=NC(=O)C(C)C)sc2cc(S(C)(=O)=O)ccc21. The number of benzene rings is 1. The van der Waals surface area contributed by atoms with Gasteiger partial charge in [0.15, 0.2) is 14.6 Å². The number of aromatic nitrogens is 1. The molecular formula is C15H18N2O3S2. The van der Waals surface area contributed by atoms with Crippen molar-refractivity contribution in [1.82, 2.24) is 4.57 Å². The Hall–Kier alpha value is -1.73.